The molecule has 0 aliphatic heterocycles. The van der Waals surface area contributed by atoms with Gasteiger partial charge in [-0.2, -0.15) is 0 Å². The zero-order chi connectivity index (χ0) is 17.8. The molecule has 1 rings (SSSR count). The van der Waals surface area contributed by atoms with Gasteiger partial charge in [0.1, 0.15) is 11.5 Å². The smallest absolute Gasteiger partial charge is 0.367 e. The van der Waals surface area contributed by atoms with E-state index in [0.717, 1.165) is 31.2 Å². The minimum Gasteiger partial charge on any atom is -0.481 e. The van der Waals surface area contributed by atoms with E-state index in [1.54, 1.807) is 19.1 Å². The summed E-state index contributed by atoms with van der Waals surface area (Å²) in [4.78, 5) is 11.1. The Morgan fingerprint density at radius 1 is 1.00 bits per heavy atom. The Morgan fingerprint density at radius 2 is 1.54 bits per heavy atom. The van der Waals surface area contributed by atoms with Crippen molar-refractivity contribution in [3.8, 4) is 5.75 Å². The third-order valence-corrected chi connectivity index (χ3v) is 4.93. The summed E-state index contributed by atoms with van der Waals surface area (Å²) in [5.74, 6) is 0.697. The van der Waals surface area contributed by atoms with Gasteiger partial charge in [0, 0.05) is 6.42 Å². The minimum absolute atomic E-state index is 0.105. The second-order valence-electron chi connectivity index (χ2n) is 5.78. The molecule has 0 saturated carbocycles. The molecule has 0 heterocycles. The van der Waals surface area contributed by atoms with Crippen LogP contribution < -0.4 is 4.74 Å². The largest absolute Gasteiger partial charge is 0.481 e. The Kier molecular flexibility index (Phi) is 9.92. The molecule has 0 N–H and O–H groups in total. The Bertz CT molecular complexity index is 513. The van der Waals surface area contributed by atoms with Gasteiger partial charge < -0.3 is 13.8 Å². The van der Waals surface area contributed by atoms with E-state index in [0.29, 0.717) is 25.4 Å². The van der Waals surface area contributed by atoms with Crippen LogP contribution in [-0.4, -0.2) is 25.3 Å². The SMILES string of the molecule is CCCCOP(=O)(COc1ccc(CC(C)=O)cc1)OCCCC. The third-order valence-electron chi connectivity index (χ3n) is 3.34. The Labute approximate surface area is 145 Å². The van der Waals surface area contributed by atoms with Crippen LogP contribution in [0.4, 0.5) is 0 Å². The molecule has 5 nitrogen and oxygen atoms in total. The van der Waals surface area contributed by atoms with E-state index in [4.69, 9.17) is 13.8 Å². The van der Waals surface area contributed by atoms with Crippen LogP contribution >= 0.6 is 7.60 Å². The molecule has 24 heavy (non-hydrogen) atoms. The van der Waals surface area contributed by atoms with Crippen molar-refractivity contribution in [2.75, 3.05) is 19.6 Å². The first-order valence-electron chi connectivity index (χ1n) is 8.58. The first kappa shape index (κ1) is 20.9. The van der Waals surface area contributed by atoms with Crippen LogP contribution in [0.5, 0.6) is 5.75 Å². The van der Waals surface area contributed by atoms with E-state index in [1.165, 1.54) is 0 Å². The number of hydrogen-bond donors (Lipinski definition) is 0. The first-order chi connectivity index (χ1) is 11.5. The van der Waals surface area contributed by atoms with Crippen molar-refractivity contribution in [2.24, 2.45) is 0 Å². The van der Waals surface area contributed by atoms with Gasteiger partial charge in [-0.25, -0.2) is 0 Å². The maximum atomic E-state index is 12.7. The summed E-state index contributed by atoms with van der Waals surface area (Å²) in [5, 5.41) is 0. The van der Waals surface area contributed by atoms with Crippen molar-refractivity contribution in [1.29, 1.82) is 0 Å². The van der Waals surface area contributed by atoms with Crippen molar-refractivity contribution in [1.82, 2.24) is 0 Å². The fourth-order valence-electron chi connectivity index (χ4n) is 1.95. The molecule has 6 heteroatoms. The molecule has 0 unspecified atom stereocenters. The van der Waals surface area contributed by atoms with E-state index in [9.17, 15) is 9.36 Å². The number of unbranched alkanes of at least 4 members (excludes halogenated alkanes) is 2. The predicted molar refractivity (Wildman–Crippen MR) is 95.6 cm³/mol. The molecule has 0 fully saturated rings. The molecule has 0 aromatic heterocycles. The highest BCUT2D eigenvalue weighted by Crippen LogP contribution is 2.48. The first-order valence-corrected chi connectivity index (χ1v) is 10.3. The van der Waals surface area contributed by atoms with E-state index in [-0.39, 0.29) is 12.1 Å². The molecule has 1 aromatic carbocycles. The Hall–Kier alpha value is -1.16. The molecule has 136 valence electrons. The average molecular weight is 356 g/mol. The summed E-state index contributed by atoms with van der Waals surface area (Å²) in [7, 11) is -3.25. The lowest BCUT2D eigenvalue weighted by atomic mass is 10.1. The zero-order valence-electron chi connectivity index (χ0n) is 15.0. The summed E-state index contributed by atoms with van der Waals surface area (Å²) in [5.41, 5.74) is 0.927. The quantitative estimate of drug-likeness (QED) is 0.368. The molecule has 0 aliphatic rings. The van der Waals surface area contributed by atoms with Crippen LogP contribution in [0.2, 0.25) is 0 Å². The number of benzene rings is 1. The Morgan fingerprint density at radius 3 is 2.00 bits per heavy atom. The van der Waals surface area contributed by atoms with E-state index >= 15 is 0 Å². The van der Waals surface area contributed by atoms with Gasteiger partial charge in [0.15, 0.2) is 6.35 Å². The van der Waals surface area contributed by atoms with Gasteiger partial charge in [-0.3, -0.25) is 9.36 Å². The second kappa shape index (κ2) is 11.4. The van der Waals surface area contributed by atoms with E-state index in [2.05, 4.69) is 0 Å². The third kappa shape index (κ3) is 8.62. The molecule has 0 amide bonds. The molecule has 0 spiro atoms. The van der Waals surface area contributed by atoms with Crippen molar-refractivity contribution in [3.63, 3.8) is 0 Å². The normalized spacial score (nSPS) is 11.5. The highest BCUT2D eigenvalue weighted by atomic mass is 31.2. The van der Waals surface area contributed by atoms with Crippen LogP contribution in [0, 0.1) is 0 Å². The lowest BCUT2D eigenvalue weighted by molar-refractivity contribution is -0.116. The van der Waals surface area contributed by atoms with Crippen LogP contribution in [0.3, 0.4) is 0 Å². The number of ether oxygens (including phenoxy) is 1. The van der Waals surface area contributed by atoms with Crippen molar-refractivity contribution < 1.29 is 23.1 Å². The number of carbonyl (C=O) groups excluding carboxylic acids is 1. The predicted octanol–water partition coefficient (Wildman–Crippen LogP) is 4.98. The molecule has 0 atom stereocenters. The number of carbonyl (C=O) groups is 1. The molecule has 1 aromatic rings. The van der Waals surface area contributed by atoms with Crippen LogP contribution in [0.15, 0.2) is 24.3 Å². The number of rotatable bonds is 13. The van der Waals surface area contributed by atoms with Gasteiger partial charge in [-0.1, -0.05) is 38.8 Å². The van der Waals surface area contributed by atoms with Gasteiger partial charge in [0.25, 0.3) is 0 Å². The van der Waals surface area contributed by atoms with Gasteiger partial charge in [0.2, 0.25) is 0 Å². The highest BCUT2D eigenvalue weighted by Gasteiger charge is 2.25. The fraction of sp³-hybridized carbons (Fsp3) is 0.611. The number of ketones is 1. The van der Waals surface area contributed by atoms with Crippen molar-refractivity contribution >= 4 is 13.4 Å². The summed E-state index contributed by atoms with van der Waals surface area (Å²) >= 11 is 0. The van der Waals surface area contributed by atoms with Crippen LogP contribution in [0.1, 0.15) is 52.0 Å². The molecule has 0 aliphatic carbocycles. The second-order valence-corrected chi connectivity index (χ2v) is 7.78. The maximum Gasteiger partial charge on any atom is 0.367 e. The molecule has 0 bridgehead atoms. The standard InChI is InChI=1S/C18H29O5P/c1-4-6-12-22-24(20,23-13-7-5-2)15-21-18-10-8-17(9-11-18)14-16(3)19/h8-11H,4-7,12-15H2,1-3H3. The summed E-state index contributed by atoms with van der Waals surface area (Å²) < 4.78 is 29.3. The summed E-state index contributed by atoms with van der Waals surface area (Å²) in [6.45, 7) is 6.46. The van der Waals surface area contributed by atoms with Gasteiger partial charge in [-0.05, 0) is 37.5 Å². The van der Waals surface area contributed by atoms with Crippen molar-refractivity contribution in [3.05, 3.63) is 29.8 Å². The Balaban J connectivity index is 2.58. The monoisotopic (exact) mass is 356 g/mol. The zero-order valence-corrected chi connectivity index (χ0v) is 15.8. The topological polar surface area (TPSA) is 61.8 Å². The minimum atomic E-state index is -3.25. The maximum absolute atomic E-state index is 12.7. The lowest BCUT2D eigenvalue weighted by Gasteiger charge is -2.19. The highest BCUT2D eigenvalue weighted by molar-refractivity contribution is 7.53. The molecule has 0 saturated heterocycles. The molecular weight excluding hydrogens is 327 g/mol. The fourth-order valence-corrected chi connectivity index (χ4v) is 3.30. The summed E-state index contributed by atoms with van der Waals surface area (Å²) in [6.07, 6.45) is 3.90. The van der Waals surface area contributed by atoms with Gasteiger partial charge in [-0.15, -0.1) is 0 Å². The number of Topliss-reactive ketones (excluding diaryl/α,β-unsaturated/α-hetero) is 1. The van der Waals surface area contributed by atoms with Crippen molar-refractivity contribution in [2.45, 2.75) is 52.9 Å². The van der Waals surface area contributed by atoms with Crippen LogP contribution in [-0.2, 0) is 24.8 Å². The van der Waals surface area contributed by atoms with Gasteiger partial charge >= 0.3 is 7.60 Å². The summed E-state index contributed by atoms with van der Waals surface area (Å²) in [6, 6.07) is 7.19. The van der Waals surface area contributed by atoms with Crippen LogP contribution in [0.25, 0.3) is 0 Å². The van der Waals surface area contributed by atoms with E-state index < -0.39 is 7.60 Å². The van der Waals surface area contributed by atoms with Gasteiger partial charge in [0.05, 0.1) is 13.2 Å². The number of hydrogen-bond acceptors (Lipinski definition) is 5. The van der Waals surface area contributed by atoms with E-state index in [1.807, 2.05) is 26.0 Å². The molecule has 0 radical (unpaired) electrons. The molecular formula is C18H29O5P. The lowest BCUT2D eigenvalue weighted by Crippen LogP contribution is -2.07. The average Bonchev–Trinajstić information content (AvgIpc) is 2.54.